The fourth-order valence-electron chi connectivity index (χ4n) is 2.51. The first-order valence-corrected chi connectivity index (χ1v) is 9.09. The number of amides is 2. The smallest absolute Gasteiger partial charge is 0.322 e. The zero-order chi connectivity index (χ0) is 17.8. The van der Waals surface area contributed by atoms with E-state index in [4.69, 9.17) is 0 Å². The molecule has 0 radical (unpaired) electrons. The molecule has 0 aliphatic heterocycles. The van der Waals surface area contributed by atoms with Crippen LogP contribution in [0.3, 0.4) is 0 Å². The van der Waals surface area contributed by atoms with E-state index >= 15 is 0 Å². The number of aryl methyl sites for hydroxylation is 2. The van der Waals surface area contributed by atoms with Crippen molar-refractivity contribution in [2.75, 3.05) is 18.9 Å². The molecule has 130 valence electrons. The molecule has 2 aromatic heterocycles. The Morgan fingerprint density at radius 3 is 2.68 bits per heavy atom. The van der Waals surface area contributed by atoms with Crippen LogP contribution >= 0.6 is 11.3 Å². The average Bonchev–Trinajstić information content (AvgIpc) is 3.23. The maximum atomic E-state index is 12.5. The molecule has 0 atom stereocenters. The minimum atomic E-state index is -0.134. The monoisotopic (exact) mass is 354 g/mol. The van der Waals surface area contributed by atoms with Crippen molar-refractivity contribution in [3.05, 3.63) is 64.0 Å². The third kappa shape index (κ3) is 4.28. The van der Waals surface area contributed by atoms with Gasteiger partial charge in [0.15, 0.2) is 0 Å². The van der Waals surface area contributed by atoms with E-state index in [2.05, 4.69) is 21.9 Å². The van der Waals surface area contributed by atoms with Gasteiger partial charge in [0, 0.05) is 24.5 Å². The Labute approximate surface area is 151 Å². The number of likely N-dealkylation sites (N-methyl/N-ethyl adjacent to an activating group) is 1. The van der Waals surface area contributed by atoms with Crippen LogP contribution in [0.2, 0.25) is 0 Å². The molecule has 2 amide bonds. The maximum Gasteiger partial charge on any atom is 0.322 e. The molecule has 25 heavy (non-hydrogen) atoms. The first kappa shape index (κ1) is 17.2. The van der Waals surface area contributed by atoms with Crippen LogP contribution in [0.4, 0.5) is 10.6 Å². The number of rotatable bonds is 5. The van der Waals surface area contributed by atoms with Gasteiger partial charge >= 0.3 is 6.03 Å². The Kier molecular flexibility index (Phi) is 5.19. The Morgan fingerprint density at radius 2 is 2.00 bits per heavy atom. The van der Waals surface area contributed by atoms with Crippen LogP contribution in [-0.2, 0) is 6.42 Å². The summed E-state index contributed by atoms with van der Waals surface area (Å²) in [5.41, 5.74) is 2.97. The Bertz CT molecular complexity index is 837. The zero-order valence-electron chi connectivity index (χ0n) is 14.7. The second kappa shape index (κ2) is 7.53. The highest BCUT2D eigenvalue weighted by Gasteiger charge is 2.14. The van der Waals surface area contributed by atoms with Crippen LogP contribution in [0.25, 0.3) is 5.69 Å². The molecule has 0 aliphatic carbocycles. The van der Waals surface area contributed by atoms with Gasteiger partial charge in [-0.25, -0.2) is 9.48 Å². The van der Waals surface area contributed by atoms with Crippen molar-refractivity contribution in [1.82, 2.24) is 14.7 Å². The van der Waals surface area contributed by atoms with E-state index in [0.717, 1.165) is 17.8 Å². The number of carbonyl (C=O) groups excluding carboxylic acids is 1. The predicted molar refractivity (Wildman–Crippen MR) is 103 cm³/mol. The molecule has 5 nitrogen and oxygen atoms in total. The fourth-order valence-corrected chi connectivity index (χ4v) is 3.21. The molecule has 3 rings (SSSR count). The van der Waals surface area contributed by atoms with Gasteiger partial charge in [-0.3, -0.25) is 5.32 Å². The summed E-state index contributed by atoms with van der Waals surface area (Å²) < 4.78 is 1.76. The number of thiophene rings is 1. The van der Waals surface area contributed by atoms with Crippen LogP contribution in [0.1, 0.15) is 16.1 Å². The van der Waals surface area contributed by atoms with Gasteiger partial charge in [0.2, 0.25) is 0 Å². The van der Waals surface area contributed by atoms with E-state index < -0.39 is 0 Å². The quantitative estimate of drug-likeness (QED) is 0.744. The van der Waals surface area contributed by atoms with Crippen molar-refractivity contribution < 1.29 is 4.79 Å². The highest BCUT2D eigenvalue weighted by atomic mass is 32.1. The highest BCUT2D eigenvalue weighted by Crippen LogP contribution is 2.18. The standard InChI is InChI=1S/C19H22N4OS/c1-14-6-8-16(9-7-14)23-18(13-15(2)21-23)20-19(24)22(3)11-10-17-5-4-12-25-17/h4-9,12-13H,10-11H2,1-3H3,(H,20,24). The number of nitrogens with one attached hydrogen (secondary N) is 1. The minimum absolute atomic E-state index is 0.134. The van der Waals surface area contributed by atoms with Gasteiger partial charge in [-0.2, -0.15) is 5.10 Å². The van der Waals surface area contributed by atoms with Crippen molar-refractivity contribution >= 4 is 23.2 Å². The molecule has 2 heterocycles. The number of carbonyl (C=O) groups is 1. The van der Waals surface area contributed by atoms with Crippen molar-refractivity contribution in [3.8, 4) is 5.69 Å². The molecular weight excluding hydrogens is 332 g/mol. The molecule has 0 fully saturated rings. The van der Waals surface area contributed by atoms with Crippen LogP contribution < -0.4 is 5.32 Å². The van der Waals surface area contributed by atoms with Gasteiger partial charge in [-0.05, 0) is 43.8 Å². The summed E-state index contributed by atoms with van der Waals surface area (Å²) in [6, 6.07) is 13.9. The minimum Gasteiger partial charge on any atom is -0.327 e. The highest BCUT2D eigenvalue weighted by molar-refractivity contribution is 7.09. The van der Waals surface area contributed by atoms with Gasteiger partial charge in [-0.15, -0.1) is 11.3 Å². The van der Waals surface area contributed by atoms with Crippen molar-refractivity contribution in [3.63, 3.8) is 0 Å². The largest absolute Gasteiger partial charge is 0.327 e. The first-order chi connectivity index (χ1) is 12.0. The van der Waals surface area contributed by atoms with Crippen LogP contribution in [0.5, 0.6) is 0 Å². The number of urea groups is 1. The van der Waals surface area contributed by atoms with E-state index in [1.165, 1.54) is 10.4 Å². The van der Waals surface area contributed by atoms with E-state index in [1.807, 2.05) is 57.3 Å². The lowest BCUT2D eigenvalue weighted by atomic mass is 10.2. The first-order valence-electron chi connectivity index (χ1n) is 8.21. The van der Waals surface area contributed by atoms with Gasteiger partial charge in [0.1, 0.15) is 5.82 Å². The van der Waals surface area contributed by atoms with Crippen molar-refractivity contribution in [1.29, 1.82) is 0 Å². The number of anilines is 1. The normalized spacial score (nSPS) is 10.7. The van der Waals surface area contributed by atoms with Gasteiger partial charge < -0.3 is 4.90 Å². The summed E-state index contributed by atoms with van der Waals surface area (Å²) in [7, 11) is 1.81. The molecule has 0 saturated heterocycles. The third-order valence-corrected chi connectivity index (χ3v) is 4.90. The number of aromatic nitrogens is 2. The van der Waals surface area contributed by atoms with Crippen LogP contribution in [0, 0.1) is 13.8 Å². The maximum absolute atomic E-state index is 12.5. The number of hydrogen-bond acceptors (Lipinski definition) is 3. The molecule has 1 aromatic carbocycles. The predicted octanol–water partition coefficient (Wildman–Crippen LogP) is 4.26. The molecule has 0 unspecified atom stereocenters. The molecule has 0 aliphatic rings. The summed E-state index contributed by atoms with van der Waals surface area (Å²) >= 11 is 1.71. The topological polar surface area (TPSA) is 50.2 Å². The fraction of sp³-hybridized carbons (Fsp3) is 0.263. The second-order valence-electron chi connectivity index (χ2n) is 6.10. The van der Waals surface area contributed by atoms with E-state index in [-0.39, 0.29) is 6.03 Å². The number of hydrogen-bond donors (Lipinski definition) is 1. The Balaban J connectivity index is 1.69. The SMILES string of the molecule is Cc1ccc(-n2nc(C)cc2NC(=O)N(C)CCc2cccs2)cc1. The van der Waals surface area contributed by atoms with Crippen LogP contribution in [0.15, 0.2) is 47.8 Å². The summed E-state index contributed by atoms with van der Waals surface area (Å²) in [6.07, 6.45) is 0.859. The lowest BCUT2D eigenvalue weighted by molar-refractivity contribution is 0.223. The van der Waals surface area contributed by atoms with Gasteiger partial charge in [-0.1, -0.05) is 23.8 Å². The van der Waals surface area contributed by atoms with Crippen molar-refractivity contribution in [2.24, 2.45) is 0 Å². The summed E-state index contributed by atoms with van der Waals surface area (Å²) in [5, 5.41) is 9.51. The molecule has 1 N–H and O–H groups in total. The summed E-state index contributed by atoms with van der Waals surface area (Å²) in [6.45, 7) is 4.63. The second-order valence-corrected chi connectivity index (χ2v) is 7.13. The summed E-state index contributed by atoms with van der Waals surface area (Å²) in [5.74, 6) is 0.675. The molecular formula is C19H22N4OS. The molecule has 0 spiro atoms. The Morgan fingerprint density at radius 1 is 1.24 bits per heavy atom. The van der Waals surface area contributed by atoms with Gasteiger partial charge in [0.25, 0.3) is 0 Å². The van der Waals surface area contributed by atoms with Crippen molar-refractivity contribution in [2.45, 2.75) is 20.3 Å². The molecule has 3 aromatic rings. The van der Waals surface area contributed by atoms with Gasteiger partial charge in [0.05, 0.1) is 11.4 Å². The molecule has 0 bridgehead atoms. The summed E-state index contributed by atoms with van der Waals surface area (Å²) in [4.78, 5) is 15.5. The molecule has 6 heteroatoms. The van der Waals surface area contributed by atoms with E-state index in [0.29, 0.717) is 12.4 Å². The number of benzene rings is 1. The lowest BCUT2D eigenvalue weighted by Gasteiger charge is -2.18. The average molecular weight is 354 g/mol. The lowest BCUT2D eigenvalue weighted by Crippen LogP contribution is -2.33. The number of nitrogens with zero attached hydrogens (tertiary/aromatic N) is 3. The molecule has 0 saturated carbocycles. The Hall–Kier alpha value is -2.60. The zero-order valence-corrected chi connectivity index (χ0v) is 15.5. The van der Waals surface area contributed by atoms with E-state index in [1.54, 1.807) is 20.9 Å². The van der Waals surface area contributed by atoms with E-state index in [9.17, 15) is 4.79 Å². The van der Waals surface area contributed by atoms with Crippen LogP contribution in [-0.4, -0.2) is 34.3 Å². The third-order valence-electron chi connectivity index (χ3n) is 3.97.